The van der Waals surface area contributed by atoms with Crippen LogP contribution in [0.25, 0.3) is 0 Å². The first kappa shape index (κ1) is 13.6. The van der Waals surface area contributed by atoms with Gasteiger partial charge in [0.1, 0.15) is 0 Å². The zero-order chi connectivity index (χ0) is 13.1. The predicted octanol–water partition coefficient (Wildman–Crippen LogP) is 3.36. The fourth-order valence-corrected chi connectivity index (χ4v) is 1.23. The molecule has 0 aliphatic rings. The van der Waals surface area contributed by atoms with Crippen LogP contribution in [-0.4, -0.2) is 18.2 Å². The van der Waals surface area contributed by atoms with Crippen LogP contribution >= 0.6 is 11.6 Å². The molecule has 0 saturated heterocycles. The van der Waals surface area contributed by atoms with E-state index in [0.29, 0.717) is 0 Å². The zero-order valence-electron chi connectivity index (χ0n) is 8.68. The molecule has 94 valence electrons. The third-order valence-corrected chi connectivity index (χ3v) is 1.91. The van der Waals surface area contributed by atoms with Gasteiger partial charge in [0.2, 0.25) is 0 Å². The lowest BCUT2D eigenvalue weighted by molar-refractivity contribution is -0.275. The summed E-state index contributed by atoms with van der Waals surface area (Å²) in [6.07, 6.45) is -4.82. The number of carbonyl (C=O) groups is 1. The minimum Gasteiger partial charge on any atom is -0.490 e. The highest BCUT2D eigenvalue weighted by atomic mass is 35.5. The molecule has 0 aromatic heterocycles. The van der Waals surface area contributed by atoms with E-state index in [-0.39, 0.29) is 17.9 Å². The summed E-state index contributed by atoms with van der Waals surface area (Å²) in [6.45, 7) is 1.72. The number of hydrogen-bond acceptors (Lipinski definition) is 3. The Kier molecular flexibility index (Phi) is 4.22. The van der Waals surface area contributed by atoms with Gasteiger partial charge in [-0.3, -0.25) is 4.79 Å². The molecule has 1 rings (SSSR count). The Morgan fingerprint density at radius 1 is 1.35 bits per heavy atom. The van der Waals surface area contributed by atoms with Gasteiger partial charge in [-0.1, -0.05) is 0 Å². The molecule has 0 amide bonds. The highest BCUT2D eigenvalue weighted by molar-refractivity contribution is 6.67. The molecular formula is C10H8ClF3O3. The van der Waals surface area contributed by atoms with Crippen LogP contribution in [0.1, 0.15) is 17.3 Å². The van der Waals surface area contributed by atoms with Crippen LogP contribution in [0.2, 0.25) is 0 Å². The Morgan fingerprint density at radius 2 is 2.00 bits per heavy atom. The van der Waals surface area contributed by atoms with Crippen molar-refractivity contribution in [1.82, 2.24) is 0 Å². The Hall–Kier alpha value is -1.43. The summed E-state index contributed by atoms with van der Waals surface area (Å²) >= 11 is 5.20. The van der Waals surface area contributed by atoms with Crippen molar-refractivity contribution >= 4 is 16.8 Å². The van der Waals surface area contributed by atoms with Crippen LogP contribution in [0.3, 0.4) is 0 Å². The topological polar surface area (TPSA) is 35.5 Å². The zero-order valence-corrected chi connectivity index (χ0v) is 9.43. The van der Waals surface area contributed by atoms with E-state index in [2.05, 4.69) is 4.74 Å². The van der Waals surface area contributed by atoms with Gasteiger partial charge in [-0.2, -0.15) is 0 Å². The minimum absolute atomic E-state index is 0.0321. The summed E-state index contributed by atoms with van der Waals surface area (Å²) in [7, 11) is 0. The van der Waals surface area contributed by atoms with E-state index >= 15 is 0 Å². The lowest BCUT2D eigenvalue weighted by Crippen LogP contribution is -2.18. The van der Waals surface area contributed by atoms with E-state index in [0.717, 1.165) is 18.2 Å². The molecule has 0 aliphatic heterocycles. The maximum atomic E-state index is 12.0. The quantitative estimate of drug-likeness (QED) is 0.786. The fourth-order valence-electron chi connectivity index (χ4n) is 1.11. The number of hydrogen-bond donors (Lipinski definition) is 0. The van der Waals surface area contributed by atoms with Crippen LogP contribution in [0.4, 0.5) is 13.2 Å². The Bertz CT molecular complexity index is 418. The molecule has 0 saturated carbocycles. The highest BCUT2D eigenvalue weighted by Gasteiger charge is 2.32. The second-order valence-corrected chi connectivity index (χ2v) is 3.26. The van der Waals surface area contributed by atoms with Gasteiger partial charge < -0.3 is 9.47 Å². The Balaban J connectivity index is 3.08. The van der Waals surface area contributed by atoms with Crippen molar-refractivity contribution in [3.63, 3.8) is 0 Å². The number of rotatable bonds is 4. The molecule has 0 spiro atoms. The average molecular weight is 269 g/mol. The van der Waals surface area contributed by atoms with Crippen LogP contribution < -0.4 is 9.47 Å². The summed E-state index contributed by atoms with van der Waals surface area (Å²) in [4.78, 5) is 10.8. The van der Waals surface area contributed by atoms with Crippen molar-refractivity contribution in [2.24, 2.45) is 0 Å². The van der Waals surface area contributed by atoms with Crippen LogP contribution in [0.15, 0.2) is 18.2 Å². The van der Waals surface area contributed by atoms with Gasteiger partial charge in [0, 0.05) is 5.56 Å². The molecule has 3 nitrogen and oxygen atoms in total. The molecular weight excluding hydrogens is 261 g/mol. The molecule has 0 aliphatic carbocycles. The van der Waals surface area contributed by atoms with Crippen molar-refractivity contribution in [3.05, 3.63) is 23.8 Å². The minimum atomic E-state index is -4.82. The second kappa shape index (κ2) is 5.27. The lowest BCUT2D eigenvalue weighted by atomic mass is 10.2. The molecule has 7 heteroatoms. The van der Waals surface area contributed by atoms with Crippen molar-refractivity contribution < 1.29 is 27.4 Å². The summed E-state index contributed by atoms with van der Waals surface area (Å²) in [5, 5.41) is -0.787. The number of halogens is 4. The first-order valence-electron chi connectivity index (χ1n) is 4.56. The number of alkyl halides is 3. The summed E-state index contributed by atoms with van der Waals surface area (Å²) in [5.41, 5.74) is 0.0321. The third-order valence-electron chi connectivity index (χ3n) is 1.70. The largest absolute Gasteiger partial charge is 0.573 e. The van der Waals surface area contributed by atoms with E-state index in [1.807, 2.05) is 0 Å². The molecule has 0 radical (unpaired) electrons. The molecule has 0 heterocycles. The first-order valence-corrected chi connectivity index (χ1v) is 4.93. The van der Waals surface area contributed by atoms with E-state index in [9.17, 15) is 18.0 Å². The number of benzene rings is 1. The molecule has 17 heavy (non-hydrogen) atoms. The van der Waals surface area contributed by atoms with Gasteiger partial charge >= 0.3 is 6.36 Å². The summed E-state index contributed by atoms with van der Waals surface area (Å²) < 4.78 is 44.8. The smallest absolute Gasteiger partial charge is 0.490 e. The van der Waals surface area contributed by atoms with E-state index in [1.54, 1.807) is 6.92 Å². The van der Waals surface area contributed by atoms with Crippen molar-refractivity contribution in [1.29, 1.82) is 0 Å². The first-order chi connectivity index (χ1) is 7.83. The molecule has 0 bridgehead atoms. The molecule has 1 aromatic carbocycles. The van der Waals surface area contributed by atoms with Crippen LogP contribution in [-0.2, 0) is 0 Å². The van der Waals surface area contributed by atoms with E-state index < -0.39 is 17.4 Å². The molecule has 0 atom stereocenters. The van der Waals surface area contributed by atoms with Crippen molar-refractivity contribution in [3.8, 4) is 11.5 Å². The van der Waals surface area contributed by atoms with Gasteiger partial charge in [0.05, 0.1) is 6.61 Å². The second-order valence-electron chi connectivity index (χ2n) is 2.92. The molecule has 0 unspecified atom stereocenters. The van der Waals surface area contributed by atoms with Gasteiger partial charge in [-0.15, -0.1) is 13.2 Å². The van der Waals surface area contributed by atoms with Crippen molar-refractivity contribution in [2.45, 2.75) is 13.3 Å². The van der Waals surface area contributed by atoms with Crippen molar-refractivity contribution in [2.75, 3.05) is 6.61 Å². The average Bonchev–Trinajstić information content (AvgIpc) is 2.18. The summed E-state index contributed by atoms with van der Waals surface area (Å²) in [5.74, 6) is -0.697. The van der Waals surface area contributed by atoms with E-state index in [4.69, 9.17) is 16.3 Å². The maximum Gasteiger partial charge on any atom is 0.573 e. The highest BCUT2D eigenvalue weighted by Crippen LogP contribution is 2.33. The number of ether oxygens (including phenoxy) is 2. The standard InChI is InChI=1S/C10H8ClF3O3/c1-2-16-8-5-6(9(11)15)3-4-7(8)17-10(12,13)14/h3-5H,2H2,1H3. The monoisotopic (exact) mass is 268 g/mol. The molecule has 1 aromatic rings. The van der Waals surface area contributed by atoms with Gasteiger partial charge in [-0.05, 0) is 36.7 Å². The Morgan fingerprint density at radius 3 is 2.47 bits per heavy atom. The van der Waals surface area contributed by atoms with Gasteiger partial charge in [0.15, 0.2) is 11.5 Å². The van der Waals surface area contributed by atoms with Crippen LogP contribution in [0.5, 0.6) is 11.5 Å². The predicted molar refractivity (Wildman–Crippen MR) is 54.5 cm³/mol. The van der Waals surface area contributed by atoms with Crippen LogP contribution in [0, 0.1) is 0 Å². The Labute approximate surface area is 100 Å². The molecule has 0 N–H and O–H groups in total. The van der Waals surface area contributed by atoms with Gasteiger partial charge in [0.25, 0.3) is 5.24 Å². The third kappa shape index (κ3) is 4.14. The number of carbonyl (C=O) groups excluding carboxylic acids is 1. The maximum absolute atomic E-state index is 12.0. The fraction of sp³-hybridized carbons (Fsp3) is 0.300. The van der Waals surface area contributed by atoms with Gasteiger partial charge in [-0.25, -0.2) is 0 Å². The lowest BCUT2D eigenvalue weighted by Gasteiger charge is -2.13. The summed E-state index contributed by atoms with van der Waals surface area (Å²) in [6, 6.07) is 3.20. The normalized spacial score (nSPS) is 11.1. The van der Waals surface area contributed by atoms with E-state index in [1.165, 1.54) is 0 Å². The SMILES string of the molecule is CCOc1cc(C(=O)Cl)ccc1OC(F)(F)F. The molecule has 0 fully saturated rings.